The smallest absolute Gasteiger partial charge is 0.220 e. The normalized spacial score (nSPS) is 13.4. The fourth-order valence-corrected chi connectivity index (χ4v) is 7.67. The van der Waals surface area contributed by atoms with Crippen molar-refractivity contribution in [3.05, 3.63) is 261 Å². The lowest BCUT2D eigenvalue weighted by atomic mass is 10.0. The Bertz CT molecular complexity index is 2590. The summed E-state index contributed by atoms with van der Waals surface area (Å²) in [7, 11) is 0. The lowest BCUT2D eigenvalue weighted by molar-refractivity contribution is 0.729. The molecular weight excluding hydrogens is 769 g/mol. The molecule has 0 fully saturated rings. The third-order valence-electron chi connectivity index (χ3n) is 10.8. The molecule has 6 nitrogen and oxygen atoms in total. The molecule has 9 rings (SSSR count). The SMILES string of the molecule is CC1C=CC(N(/C(=N\c2ccc(N=C(N(c3ccccc3)c3ccccc3)N(c3ccccc3)c3ccccc3)cc2)N(c2ccccc2)c2ccccc2)c2ccccc2)=CC1. The third-order valence-corrected chi connectivity index (χ3v) is 10.8. The minimum absolute atomic E-state index is 0.448. The Hall–Kier alpha value is -8.22. The summed E-state index contributed by atoms with van der Waals surface area (Å²) >= 11 is 0. The second kappa shape index (κ2) is 19.4. The van der Waals surface area contributed by atoms with Crippen LogP contribution in [-0.2, 0) is 0 Å². The fraction of sp³-hybridized carbons (Fsp3) is 0.0526. The Morgan fingerprint density at radius 3 is 0.857 bits per heavy atom. The Labute approximate surface area is 371 Å². The maximum absolute atomic E-state index is 5.59. The highest BCUT2D eigenvalue weighted by Crippen LogP contribution is 2.37. The molecule has 0 saturated carbocycles. The Balaban J connectivity index is 1.23. The van der Waals surface area contributed by atoms with E-state index in [1.54, 1.807) is 0 Å². The molecule has 8 aromatic rings. The van der Waals surface area contributed by atoms with Crippen molar-refractivity contribution in [2.45, 2.75) is 13.3 Å². The van der Waals surface area contributed by atoms with Gasteiger partial charge < -0.3 is 0 Å². The number of hydrogen-bond donors (Lipinski definition) is 0. The van der Waals surface area contributed by atoms with Crippen molar-refractivity contribution in [1.82, 2.24) is 0 Å². The first kappa shape index (κ1) is 40.2. The molecule has 1 atom stereocenters. The zero-order chi connectivity index (χ0) is 42.6. The second-order valence-corrected chi connectivity index (χ2v) is 15.2. The Morgan fingerprint density at radius 1 is 0.349 bits per heavy atom. The lowest BCUT2D eigenvalue weighted by Gasteiger charge is -2.36. The first-order valence-electron chi connectivity index (χ1n) is 21.4. The molecule has 0 heterocycles. The molecule has 0 bridgehead atoms. The van der Waals surface area contributed by atoms with Crippen LogP contribution in [0.4, 0.5) is 51.2 Å². The molecule has 63 heavy (non-hydrogen) atoms. The van der Waals surface area contributed by atoms with E-state index in [9.17, 15) is 0 Å². The number of anilines is 7. The average Bonchev–Trinajstić information content (AvgIpc) is 3.35. The van der Waals surface area contributed by atoms with Crippen LogP contribution in [0.1, 0.15) is 13.3 Å². The van der Waals surface area contributed by atoms with Crippen molar-refractivity contribution in [1.29, 1.82) is 0 Å². The maximum atomic E-state index is 5.59. The van der Waals surface area contributed by atoms with Crippen LogP contribution in [0.3, 0.4) is 0 Å². The van der Waals surface area contributed by atoms with Gasteiger partial charge in [0.05, 0.1) is 11.4 Å². The van der Waals surface area contributed by atoms with Gasteiger partial charge in [-0.1, -0.05) is 146 Å². The summed E-state index contributed by atoms with van der Waals surface area (Å²) in [6, 6.07) is 81.3. The van der Waals surface area contributed by atoms with Crippen molar-refractivity contribution in [3.63, 3.8) is 0 Å². The highest BCUT2D eigenvalue weighted by atomic mass is 15.4. The molecule has 0 saturated heterocycles. The van der Waals surface area contributed by atoms with Gasteiger partial charge in [-0.15, -0.1) is 0 Å². The predicted molar refractivity (Wildman–Crippen MR) is 266 cm³/mol. The van der Waals surface area contributed by atoms with Crippen molar-refractivity contribution < 1.29 is 0 Å². The molecule has 306 valence electrons. The molecule has 1 aliphatic carbocycles. The van der Waals surface area contributed by atoms with Crippen molar-refractivity contribution in [2.75, 3.05) is 19.6 Å². The number of rotatable bonds is 10. The Kier molecular flexibility index (Phi) is 12.4. The van der Waals surface area contributed by atoms with E-state index in [0.717, 1.165) is 69.3 Å². The first-order valence-corrected chi connectivity index (χ1v) is 21.4. The third kappa shape index (κ3) is 9.41. The number of nitrogens with zero attached hydrogens (tertiary/aromatic N) is 6. The van der Waals surface area contributed by atoms with Gasteiger partial charge in [-0.3, -0.25) is 19.6 Å². The molecule has 0 aromatic heterocycles. The maximum Gasteiger partial charge on any atom is 0.220 e. The van der Waals surface area contributed by atoms with Gasteiger partial charge in [0.15, 0.2) is 0 Å². The molecule has 0 radical (unpaired) electrons. The fourth-order valence-electron chi connectivity index (χ4n) is 7.67. The van der Waals surface area contributed by atoms with Crippen LogP contribution < -0.4 is 19.6 Å². The van der Waals surface area contributed by atoms with E-state index < -0.39 is 0 Å². The number of para-hydroxylation sites is 7. The average molecular weight is 817 g/mol. The van der Waals surface area contributed by atoms with Gasteiger partial charge in [-0.05, 0) is 128 Å². The molecule has 0 N–H and O–H groups in total. The molecule has 0 spiro atoms. The number of hydrogen-bond acceptors (Lipinski definition) is 2. The van der Waals surface area contributed by atoms with Gasteiger partial charge in [0.2, 0.25) is 11.9 Å². The largest absolute Gasteiger partial charge is 0.281 e. The van der Waals surface area contributed by atoms with Gasteiger partial charge in [-0.25, -0.2) is 9.98 Å². The molecule has 1 unspecified atom stereocenters. The van der Waals surface area contributed by atoms with E-state index in [-0.39, 0.29) is 0 Å². The molecule has 1 aliphatic rings. The lowest BCUT2D eigenvalue weighted by Crippen LogP contribution is -2.42. The second-order valence-electron chi connectivity index (χ2n) is 15.2. The van der Waals surface area contributed by atoms with Crippen LogP contribution in [0.2, 0.25) is 0 Å². The van der Waals surface area contributed by atoms with Gasteiger partial charge in [0, 0.05) is 45.5 Å². The summed E-state index contributed by atoms with van der Waals surface area (Å²) in [4.78, 5) is 20.1. The summed E-state index contributed by atoms with van der Waals surface area (Å²) in [6.45, 7) is 2.25. The van der Waals surface area contributed by atoms with Gasteiger partial charge in [-0.2, -0.15) is 0 Å². The van der Waals surface area contributed by atoms with Crippen molar-refractivity contribution >= 4 is 63.1 Å². The summed E-state index contributed by atoms with van der Waals surface area (Å²) in [5.74, 6) is 1.89. The zero-order valence-corrected chi connectivity index (χ0v) is 35.2. The van der Waals surface area contributed by atoms with Crippen LogP contribution in [0, 0.1) is 5.92 Å². The molecule has 8 aromatic carbocycles. The minimum atomic E-state index is 0.448. The summed E-state index contributed by atoms with van der Waals surface area (Å²) in [6.07, 6.45) is 7.75. The Morgan fingerprint density at radius 2 is 0.603 bits per heavy atom. The molecule has 6 heteroatoms. The van der Waals surface area contributed by atoms with Crippen LogP contribution in [0.5, 0.6) is 0 Å². The quantitative estimate of drug-likeness (QED) is 0.102. The monoisotopic (exact) mass is 816 g/mol. The van der Waals surface area contributed by atoms with Crippen molar-refractivity contribution in [2.24, 2.45) is 15.9 Å². The molecule has 0 aliphatic heterocycles. The van der Waals surface area contributed by atoms with Crippen LogP contribution in [-0.4, -0.2) is 11.9 Å². The highest BCUT2D eigenvalue weighted by Gasteiger charge is 2.28. The molecular formula is C57H48N6. The number of aliphatic imine (C=N–C) groups is 2. The summed E-state index contributed by atoms with van der Waals surface area (Å²) in [5, 5.41) is 0. The zero-order valence-electron chi connectivity index (χ0n) is 35.2. The van der Waals surface area contributed by atoms with Crippen LogP contribution >= 0.6 is 0 Å². The summed E-state index contributed by atoms with van der Waals surface area (Å²) in [5.41, 5.74) is 9.53. The number of allylic oxidation sites excluding steroid dienone is 3. The van der Waals surface area contributed by atoms with Crippen LogP contribution in [0.15, 0.2) is 270 Å². The van der Waals surface area contributed by atoms with Gasteiger partial charge in [0.1, 0.15) is 0 Å². The standard InChI is InChI=1S/C57H48N6/c1-45-37-43-55(44-38-45)63(54-35-21-8-22-36-54)57(62(52-31-17-6-18-32-52)53-33-19-7-20-34-53)59-47-41-39-46(40-42-47)58-56(60(48-23-9-2-10-24-48)49-25-11-3-12-26-49)61(50-27-13-4-14-28-50)51-29-15-5-16-30-51/h2-37,39-45H,38H2,1H3/b59-57-. The topological polar surface area (TPSA) is 37.7 Å². The van der Waals surface area contributed by atoms with E-state index in [1.807, 2.05) is 36.4 Å². The van der Waals surface area contributed by atoms with E-state index in [2.05, 4.69) is 245 Å². The number of guanidine groups is 2. The number of benzene rings is 8. The van der Waals surface area contributed by atoms with Crippen molar-refractivity contribution in [3.8, 4) is 0 Å². The predicted octanol–water partition coefficient (Wildman–Crippen LogP) is 15.2. The van der Waals surface area contributed by atoms with Crippen LogP contribution in [0.25, 0.3) is 0 Å². The first-order chi connectivity index (χ1) is 31.2. The van der Waals surface area contributed by atoms with E-state index in [0.29, 0.717) is 11.9 Å². The van der Waals surface area contributed by atoms with E-state index in [1.165, 1.54) is 0 Å². The van der Waals surface area contributed by atoms with Gasteiger partial charge in [0.25, 0.3) is 0 Å². The van der Waals surface area contributed by atoms with E-state index >= 15 is 0 Å². The van der Waals surface area contributed by atoms with Gasteiger partial charge >= 0.3 is 0 Å². The minimum Gasteiger partial charge on any atom is -0.281 e. The summed E-state index contributed by atoms with van der Waals surface area (Å²) < 4.78 is 0. The molecule has 0 amide bonds. The van der Waals surface area contributed by atoms with E-state index in [4.69, 9.17) is 9.98 Å². The highest BCUT2D eigenvalue weighted by molar-refractivity contribution is 6.17.